The molecule has 1 aliphatic rings. The van der Waals surface area contributed by atoms with Crippen molar-refractivity contribution in [2.45, 2.75) is 6.42 Å². The molecule has 0 radical (unpaired) electrons. The largest absolute Gasteiger partial charge is 0.502 e. The smallest absolute Gasteiger partial charge is 0.201 e. The van der Waals surface area contributed by atoms with E-state index >= 15 is 0 Å². The Morgan fingerprint density at radius 1 is 1.19 bits per heavy atom. The first kappa shape index (κ1) is 10.6. The molecule has 0 saturated heterocycles. The highest BCUT2D eigenvalue weighted by molar-refractivity contribution is 5.78. The lowest BCUT2D eigenvalue weighted by atomic mass is 10.0. The summed E-state index contributed by atoms with van der Waals surface area (Å²) >= 11 is 0. The summed E-state index contributed by atoms with van der Waals surface area (Å²) in [5.41, 5.74) is 2.04. The Balaban J connectivity index is 2.50. The maximum absolute atomic E-state index is 9.93. The van der Waals surface area contributed by atoms with Gasteiger partial charge in [-0.2, -0.15) is 0 Å². The predicted octanol–water partition coefficient (Wildman–Crippen LogP) is 2.75. The van der Waals surface area contributed by atoms with Gasteiger partial charge in [0, 0.05) is 5.56 Å². The van der Waals surface area contributed by atoms with E-state index in [4.69, 9.17) is 9.47 Å². The lowest BCUT2D eigenvalue weighted by Gasteiger charge is -2.13. The van der Waals surface area contributed by atoms with Crippen LogP contribution in [0.4, 0.5) is 0 Å². The van der Waals surface area contributed by atoms with Crippen LogP contribution in [0.3, 0.4) is 0 Å². The third kappa shape index (κ3) is 1.65. The zero-order valence-electron chi connectivity index (χ0n) is 9.36. The van der Waals surface area contributed by atoms with Crippen LogP contribution in [0.5, 0.6) is 17.2 Å². The van der Waals surface area contributed by atoms with Crippen LogP contribution in [-0.4, -0.2) is 19.3 Å². The summed E-state index contributed by atoms with van der Waals surface area (Å²) in [7, 11) is 3.06. The molecule has 0 fully saturated rings. The molecule has 1 aliphatic carbocycles. The van der Waals surface area contributed by atoms with E-state index in [9.17, 15) is 5.11 Å². The summed E-state index contributed by atoms with van der Waals surface area (Å²) in [5.74, 6) is 0.941. The molecule has 0 aliphatic heterocycles. The number of hydrogen-bond acceptors (Lipinski definition) is 3. The van der Waals surface area contributed by atoms with E-state index in [0.29, 0.717) is 11.5 Å². The lowest BCUT2D eigenvalue weighted by Crippen LogP contribution is -1.94. The van der Waals surface area contributed by atoms with Gasteiger partial charge in [0.2, 0.25) is 5.75 Å². The lowest BCUT2D eigenvalue weighted by molar-refractivity contribution is 0.339. The van der Waals surface area contributed by atoms with Crippen LogP contribution in [0.1, 0.15) is 12.0 Å². The fraction of sp³-hybridized carbons (Fsp3) is 0.231. The Hall–Kier alpha value is -1.90. The monoisotopic (exact) mass is 218 g/mol. The van der Waals surface area contributed by atoms with Gasteiger partial charge in [0.15, 0.2) is 11.5 Å². The van der Waals surface area contributed by atoms with E-state index in [-0.39, 0.29) is 5.75 Å². The van der Waals surface area contributed by atoms with Crippen molar-refractivity contribution in [3.05, 3.63) is 35.9 Å². The standard InChI is InChI=1S/C13H14O3/c1-15-11-8-7-10(9-5-3-4-6-9)13(16-2)12(11)14/h3-5,7-8,14H,6H2,1-2H3. The first-order chi connectivity index (χ1) is 7.77. The van der Waals surface area contributed by atoms with Gasteiger partial charge in [0.25, 0.3) is 0 Å². The van der Waals surface area contributed by atoms with Crippen molar-refractivity contribution in [2.24, 2.45) is 0 Å². The number of benzene rings is 1. The summed E-state index contributed by atoms with van der Waals surface area (Å²) in [4.78, 5) is 0. The minimum atomic E-state index is 0.0512. The molecule has 0 heterocycles. The van der Waals surface area contributed by atoms with Crippen LogP contribution in [0.25, 0.3) is 5.57 Å². The zero-order chi connectivity index (χ0) is 11.5. The molecule has 84 valence electrons. The first-order valence-electron chi connectivity index (χ1n) is 5.08. The molecular formula is C13H14O3. The van der Waals surface area contributed by atoms with Crippen LogP contribution >= 0.6 is 0 Å². The SMILES string of the molecule is COc1ccc(C2=CC=CC2)c(OC)c1O. The van der Waals surface area contributed by atoms with E-state index in [2.05, 4.69) is 6.08 Å². The molecule has 0 atom stereocenters. The van der Waals surface area contributed by atoms with E-state index in [0.717, 1.165) is 17.6 Å². The normalized spacial score (nSPS) is 13.8. The van der Waals surface area contributed by atoms with Gasteiger partial charge in [-0.25, -0.2) is 0 Å². The van der Waals surface area contributed by atoms with Gasteiger partial charge in [-0.05, 0) is 24.1 Å². The van der Waals surface area contributed by atoms with Crippen molar-refractivity contribution >= 4 is 5.57 Å². The minimum absolute atomic E-state index is 0.0512. The van der Waals surface area contributed by atoms with Crippen LogP contribution in [-0.2, 0) is 0 Å². The maximum atomic E-state index is 9.93. The van der Waals surface area contributed by atoms with Gasteiger partial charge in [-0.15, -0.1) is 0 Å². The minimum Gasteiger partial charge on any atom is -0.502 e. The topological polar surface area (TPSA) is 38.7 Å². The molecular weight excluding hydrogens is 204 g/mol. The Kier molecular flexibility index (Phi) is 2.86. The Morgan fingerprint density at radius 3 is 2.56 bits per heavy atom. The molecule has 0 spiro atoms. The summed E-state index contributed by atoms with van der Waals surface area (Å²) in [6.45, 7) is 0. The zero-order valence-corrected chi connectivity index (χ0v) is 9.36. The summed E-state index contributed by atoms with van der Waals surface area (Å²) in [6.07, 6.45) is 6.94. The second kappa shape index (κ2) is 4.31. The van der Waals surface area contributed by atoms with Gasteiger partial charge < -0.3 is 14.6 Å². The van der Waals surface area contributed by atoms with E-state index < -0.39 is 0 Å². The number of phenolic OH excluding ortho intramolecular Hbond substituents is 1. The molecule has 1 aromatic rings. The summed E-state index contributed by atoms with van der Waals surface area (Å²) < 4.78 is 10.3. The van der Waals surface area contributed by atoms with Crippen LogP contribution in [0.2, 0.25) is 0 Å². The van der Waals surface area contributed by atoms with Crippen molar-refractivity contribution in [3.8, 4) is 17.2 Å². The molecule has 0 saturated carbocycles. The first-order valence-corrected chi connectivity index (χ1v) is 5.08. The molecule has 1 aromatic carbocycles. The van der Waals surface area contributed by atoms with Gasteiger partial charge in [0.1, 0.15) is 0 Å². The number of hydrogen-bond donors (Lipinski definition) is 1. The third-order valence-electron chi connectivity index (χ3n) is 2.64. The molecule has 16 heavy (non-hydrogen) atoms. The predicted molar refractivity (Wildman–Crippen MR) is 62.9 cm³/mol. The molecule has 0 bridgehead atoms. The number of aromatic hydroxyl groups is 1. The summed E-state index contributed by atoms with van der Waals surface area (Å²) in [6, 6.07) is 3.64. The highest BCUT2D eigenvalue weighted by atomic mass is 16.5. The molecule has 3 heteroatoms. The van der Waals surface area contributed by atoms with Crippen molar-refractivity contribution in [1.82, 2.24) is 0 Å². The fourth-order valence-corrected chi connectivity index (χ4v) is 1.82. The van der Waals surface area contributed by atoms with Gasteiger partial charge >= 0.3 is 0 Å². The number of rotatable bonds is 3. The quantitative estimate of drug-likeness (QED) is 0.847. The average molecular weight is 218 g/mol. The Labute approximate surface area is 94.6 Å². The number of phenols is 1. The second-order valence-electron chi connectivity index (χ2n) is 3.52. The maximum Gasteiger partial charge on any atom is 0.201 e. The second-order valence-corrected chi connectivity index (χ2v) is 3.52. The highest BCUT2D eigenvalue weighted by Crippen LogP contribution is 2.42. The van der Waals surface area contributed by atoms with Gasteiger partial charge in [-0.3, -0.25) is 0 Å². The van der Waals surface area contributed by atoms with E-state index in [1.165, 1.54) is 7.11 Å². The average Bonchev–Trinajstić information content (AvgIpc) is 2.82. The molecule has 0 aromatic heterocycles. The highest BCUT2D eigenvalue weighted by Gasteiger charge is 2.16. The molecule has 2 rings (SSSR count). The van der Waals surface area contributed by atoms with Crippen LogP contribution < -0.4 is 9.47 Å². The number of methoxy groups -OCH3 is 2. The van der Waals surface area contributed by atoms with Crippen molar-refractivity contribution < 1.29 is 14.6 Å². The molecule has 0 unspecified atom stereocenters. The molecule has 0 amide bonds. The third-order valence-corrected chi connectivity index (χ3v) is 2.64. The molecule has 3 nitrogen and oxygen atoms in total. The van der Waals surface area contributed by atoms with Crippen molar-refractivity contribution in [3.63, 3.8) is 0 Å². The van der Waals surface area contributed by atoms with E-state index in [1.807, 2.05) is 18.2 Å². The number of allylic oxidation sites excluding steroid dienone is 4. The van der Waals surface area contributed by atoms with Crippen molar-refractivity contribution in [2.75, 3.05) is 14.2 Å². The fourth-order valence-electron chi connectivity index (χ4n) is 1.82. The van der Waals surface area contributed by atoms with Gasteiger partial charge in [0.05, 0.1) is 14.2 Å². The Morgan fingerprint density at radius 2 is 2.00 bits per heavy atom. The molecule has 1 N–H and O–H groups in total. The van der Waals surface area contributed by atoms with Crippen LogP contribution in [0, 0.1) is 0 Å². The van der Waals surface area contributed by atoms with Gasteiger partial charge in [-0.1, -0.05) is 18.2 Å². The van der Waals surface area contributed by atoms with E-state index in [1.54, 1.807) is 13.2 Å². The van der Waals surface area contributed by atoms with Crippen LogP contribution in [0.15, 0.2) is 30.4 Å². The Bertz CT molecular complexity index is 458. The summed E-state index contributed by atoms with van der Waals surface area (Å²) in [5, 5.41) is 9.93. The van der Waals surface area contributed by atoms with Crippen molar-refractivity contribution in [1.29, 1.82) is 0 Å². The number of ether oxygens (including phenoxy) is 2.